The quantitative estimate of drug-likeness (QED) is 0.386. The first-order chi connectivity index (χ1) is 15.9. The summed E-state index contributed by atoms with van der Waals surface area (Å²) in [6.07, 6.45) is 3.31. The van der Waals surface area contributed by atoms with Gasteiger partial charge >= 0.3 is 0 Å². The second kappa shape index (κ2) is 11.6. The molecule has 2 heterocycles. The molecule has 0 saturated carbocycles. The Labute approximate surface area is 196 Å². The van der Waals surface area contributed by atoms with Gasteiger partial charge in [-0.25, -0.2) is 15.0 Å². The van der Waals surface area contributed by atoms with Gasteiger partial charge in [-0.05, 0) is 48.4 Å². The Morgan fingerprint density at radius 3 is 2.52 bits per heavy atom. The van der Waals surface area contributed by atoms with Crippen molar-refractivity contribution in [3.63, 3.8) is 0 Å². The van der Waals surface area contributed by atoms with E-state index in [-0.39, 0.29) is 12.6 Å². The molecule has 2 aromatic heterocycles. The zero-order valence-electron chi connectivity index (χ0n) is 20.1. The van der Waals surface area contributed by atoms with Crippen LogP contribution in [0.3, 0.4) is 0 Å². The van der Waals surface area contributed by atoms with Crippen LogP contribution < -0.4 is 15.4 Å². The van der Waals surface area contributed by atoms with E-state index in [1.165, 1.54) is 5.56 Å². The van der Waals surface area contributed by atoms with Crippen molar-refractivity contribution in [1.29, 1.82) is 0 Å². The van der Waals surface area contributed by atoms with Crippen LogP contribution in [0.5, 0.6) is 5.75 Å². The summed E-state index contributed by atoms with van der Waals surface area (Å²) in [6, 6.07) is 14.0. The molecule has 0 aliphatic rings. The van der Waals surface area contributed by atoms with Gasteiger partial charge in [-0.15, -0.1) is 0 Å². The second-order valence-electron chi connectivity index (χ2n) is 8.69. The number of hydrogen-bond donors (Lipinski definition) is 3. The Balaban J connectivity index is 1.65. The standard InChI is InChI=1S/C26H35N5O2/c1-17(19(3)20(4)22-8-6-7-9-24(22)33-5)14-28-25-13-23(29-16-30-25)21-10-11-27-26(12-21)31-18(2)15-32/h6-13,16-20,32H,14-15H2,1-5H3,(H,27,31)(H,28,29,30). The lowest BCUT2D eigenvalue weighted by atomic mass is 9.80. The Morgan fingerprint density at radius 2 is 1.76 bits per heavy atom. The fourth-order valence-corrected chi connectivity index (χ4v) is 3.85. The molecule has 0 saturated heterocycles. The van der Waals surface area contributed by atoms with Gasteiger partial charge in [0, 0.05) is 30.4 Å². The molecule has 4 unspecified atom stereocenters. The fraction of sp³-hybridized carbons (Fsp3) is 0.423. The lowest BCUT2D eigenvalue weighted by Crippen LogP contribution is -2.23. The van der Waals surface area contributed by atoms with Gasteiger partial charge in [0.05, 0.1) is 19.4 Å². The van der Waals surface area contributed by atoms with Crippen molar-refractivity contribution in [3.05, 3.63) is 60.6 Å². The number of aromatic nitrogens is 3. The Hall–Kier alpha value is -3.19. The van der Waals surface area contributed by atoms with E-state index in [1.54, 1.807) is 19.6 Å². The third-order valence-electron chi connectivity index (χ3n) is 6.31. The minimum absolute atomic E-state index is 0.0414. The van der Waals surface area contributed by atoms with Crippen LogP contribution in [0.4, 0.5) is 11.6 Å². The van der Waals surface area contributed by atoms with Gasteiger partial charge in [0.2, 0.25) is 0 Å². The number of aliphatic hydroxyl groups excluding tert-OH is 1. The molecule has 3 rings (SSSR count). The maximum absolute atomic E-state index is 9.26. The lowest BCUT2D eigenvalue weighted by molar-refractivity contribution is 0.281. The van der Waals surface area contributed by atoms with Gasteiger partial charge in [-0.2, -0.15) is 0 Å². The van der Waals surface area contributed by atoms with E-state index in [1.807, 2.05) is 37.3 Å². The van der Waals surface area contributed by atoms with Crippen molar-refractivity contribution in [3.8, 4) is 17.0 Å². The number of methoxy groups -OCH3 is 1. The average Bonchev–Trinajstić information content (AvgIpc) is 2.86. The predicted octanol–water partition coefficient (Wildman–Crippen LogP) is 4.83. The molecule has 176 valence electrons. The molecule has 0 bridgehead atoms. The molecule has 33 heavy (non-hydrogen) atoms. The third-order valence-corrected chi connectivity index (χ3v) is 6.31. The van der Waals surface area contributed by atoms with E-state index in [2.05, 4.69) is 58.5 Å². The molecule has 7 heteroatoms. The molecular weight excluding hydrogens is 414 g/mol. The molecular formula is C26H35N5O2. The number of ether oxygens (including phenoxy) is 1. The normalized spacial score (nSPS) is 14.7. The Kier molecular flexibility index (Phi) is 8.60. The summed E-state index contributed by atoms with van der Waals surface area (Å²) in [4.78, 5) is 13.2. The average molecular weight is 450 g/mol. The van der Waals surface area contributed by atoms with E-state index in [0.717, 1.165) is 29.4 Å². The summed E-state index contributed by atoms with van der Waals surface area (Å²) in [5.74, 6) is 3.66. The maximum Gasteiger partial charge on any atom is 0.129 e. The number of rotatable bonds is 11. The largest absolute Gasteiger partial charge is 0.496 e. The predicted molar refractivity (Wildman–Crippen MR) is 134 cm³/mol. The monoisotopic (exact) mass is 449 g/mol. The zero-order valence-corrected chi connectivity index (χ0v) is 20.1. The van der Waals surface area contributed by atoms with Crippen molar-refractivity contribution in [1.82, 2.24) is 15.0 Å². The van der Waals surface area contributed by atoms with E-state index in [9.17, 15) is 5.11 Å². The molecule has 1 aromatic carbocycles. The van der Waals surface area contributed by atoms with Gasteiger partial charge in [0.25, 0.3) is 0 Å². The molecule has 0 amide bonds. The van der Waals surface area contributed by atoms with Crippen molar-refractivity contribution < 1.29 is 9.84 Å². The van der Waals surface area contributed by atoms with Gasteiger partial charge in [-0.1, -0.05) is 39.0 Å². The van der Waals surface area contributed by atoms with Crippen LogP contribution in [0, 0.1) is 11.8 Å². The summed E-state index contributed by atoms with van der Waals surface area (Å²) in [5, 5.41) is 15.9. The molecule has 0 spiro atoms. The minimum atomic E-state index is -0.0721. The first kappa shape index (κ1) is 24.5. The minimum Gasteiger partial charge on any atom is -0.496 e. The molecule has 4 atom stereocenters. The fourth-order valence-electron chi connectivity index (χ4n) is 3.85. The van der Waals surface area contributed by atoms with Crippen LogP contribution in [0.25, 0.3) is 11.3 Å². The first-order valence-corrected chi connectivity index (χ1v) is 11.5. The van der Waals surface area contributed by atoms with E-state index < -0.39 is 0 Å². The molecule has 0 aliphatic heterocycles. The third kappa shape index (κ3) is 6.42. The van der Waals surface area contributed by atoms with Gasteiger partial charge in [0.15, 0.2) is 0 Å². The number of nitrogens with zero attached hydrogens (tertiary/aromatic N) is 3. The Morgan fingerprint density at radius 1 is 0.970 bits per heavy atom. The van der Waals surface area contributed by atoms with Crippen LogP contribution in [0.2, 0.25) is 0 Å². The topological polar surface area (TPSA) is 92.2 Å². The molecule has 0 radical (unpaired) electrons. The number of pyridine rings is 1. The summed E-state index contributed by atoms with van der Waals surface area (Å²) in [6.45, 7) is 9.54. The highest BCUT2D eigenvalue weighted by Gasteiger charge is 2.23. The summed E-state index contributed by atoms with van der Waals surface area (Å²) >= 11 is 0. The van der Waals surface area contributed by atoms with Crippen LogP contribution in [-0.2, 0) is 0 Å². The van der Waals surface area contributed by atoms with Crippen LogP contribution in [-0.4, -0.2) is 46.4 Å². The van der Waals surface area contributed by atoms with Crippen molar-refractivity contribution in [2.45, 2.75) is 39.7 Å². The molecule has 3 N–H and O–H groups in total. The highest BCUT2D eigenvalue weighted by atomic mass is 16.5. The van der Waals surface area contributed by atoms with Crippen molar-refractivity contribution in [2.75, 3.05) is 30.9 Å². The maximum atomic E-state index is 9.26. The number of hydrogen-bond acceptors (Lipinski definition) is 7. The van der Waals surface area contributed by atoms with Gasteiger partial charge in [-0.3, -0.25) is 0 Å². The van der Waals surface area contributed by atoms with Crippen LogP contribution in [0.1, 0.15) is 39.2 Å². The summed E-state index contributed by atoms with van der Waals surface area (Å²) in [7, 11) is 1.73. The molecule has 0 fully saturated rings. The number of benzene rings is 1. The first-order valence-electron chi connectivity index (χ1n) is 11.5. The number of anilines is 2. The lowest BCUT2D eigenvalue weighted by Gasteiger charge is -2.28. The van der Waals surface area contributed by atoms with Crippen LogP contribution >= 0.6 is 0 Å². The molecule has 0 aliphatic carbocycles. The van der Waals surface area contributed by atoms with Gasteiger partial charge < -0.3 is 20.5 Å². The summed E-state index contributed by atoms with van der Waals surface area (Å²) in [5.41, 5.74) is 2.99. The van der Waals surface area contributed by atoms with Crippen molar-refractivity contribution in [2.24, 2.45) is 11.8 Å². The smallest absolute Gasteiger partial charge is 0.129 e. The second-order valence-corrected chi connectivity index (χ2v) is 8.69. The molecule has 3 aromatic rings. The Bertz CT molecular complexity index is 1030. The SMILES string of the molecule is COc1ccccc1C(C)C(C)C(C)CNc1cc(-c2ccnc(NC(C)CO)c2)ncn1. The highest BCUT2D eigenvalue weighted by Crippen LogP contribution is 2.35. The van der Waals surface area contributed by atoms with E-state index in [0.29, 0.717) is 23.6 Å². The number of para-hydroxylation sites is 1. The van der Waals surface area contributed by atoms with Crippen molar-refractivity contribution >= 4 is 11.6 Å². The summed E-state index contributed by atoms with van der Waals surface area (Å²) < 4.78 is 5.56. The molecule has 7 nitrogen and oxygen atoms in total. The number of aliphatic hydroxyl groups is 1. The van der Waals surface area contributed by atoms with E-state index >= 15 is 0 Å². The highest BCUT2D eigenvalue weighted by molar-refractivity contribution is 5.65. The van der Waals surface area contributed by atoms with Gasteiger partial charge in [0.1, 0.15) is 23.7 Å². The van der Waals surface area contributed by atoms with Crippen LogP contribution in [0.15, 0.2) is 55.0 Å². The van der Waals surface area contributed by atoms with E-state index in [4.69, 9.17) is 4.74 Å². The zero-order chi connectivity index (χ0) is 23.8. The number of nitrogens with one attached hydrogen (secondary N) is 2.